The average molecular weight is 456 g/mol. The van der Waals surface area contributed by atoms with E-state index in [1.165, 1.54) is 15.1 Å². The molecule has 3 rings (SSSR count). The summed E-state index contributed by atoms with van der Waals surface area (Å²) in [4.78, 5) is 12.5. The van der Waals surface area contributed by atoms with Gasteiger partial charge in [0, 0.05) is 23.2 Å². The maximum atomic E-state index is 12.9. The molecule has 0 unspecified atom stereocenters. The minimum atomic E-state index is -3.62. The number of aromatic nitrogens is 3. The summed E-state index contributed by atoms with van der Waals surface area (Å²) < 4.78 is 29.3. The van der Waals surface area contributed by atoms with E-state index in [2.05, 4.69) is 31.6 Å². The molecular formula is C17H22BrN5O3S. The number of benzene rings is 1. The van der Waals surface area contributed by atoms with Gasteiger partial charge in [-0.05, 0) is 60.3 Å². The first-order valence-corrected chi connectivity index (χ1v) is 10.9. The van der Waals surface area contributed by atoms with E-state index in [1.54, 1.807) is 12.1 Å². The number of aryl methyl sites for hydroxylation is 1. The minimum Gasteiger partial charge on any atom is -0.324 e. The number of amides is 1. The number of nitrogens with zero attached hydrogens (tertiary/aromatic N) is 4. The van der Waals surface area contributed by atoms with Gasteiger partial charge in [-0.3, -0.25) is 4.79 Å². The van der Waals surface area contributed by atoms with Crippen LogP contribution in [0.15, 0.2) is 27.6 Å². The van der Waals surface area contributed by atoms with E-state index in [-0.39, 0.29) is 17.3 Å². The Morgan fingerprint density at radius 3 is 2.70 bits per heavy atom. The molecule has 1 N–H and O–H groups in total. The summed E-state index contributed by atoms with van der Waals surface area (Å²) >= 11 is 3.32. The summed E-state index contributed by atoms with van der Waals surface area (Å²) in [6, 6.07) is 4.78. The zero-order valence-electron chi connectivity index (χ0n) is 15.4. The van der Waals surface area contributed by atoms with Crippen LogP contribution in [-0.4, -0.2) is 46.7 Å². The second-order valence-corrected chi connectivity index (χ2v) is 9.63. The molecule has 1 amide bonds. The van der Waals surface area contributed by atoms with Gasteiger partial charge in [0.05, 0.1) is 16.3 Å². The summed E-state index contributed by atoms with van der Waals surface area (Å²) in [5.74, 6) is 0.0410. The first-order valence-electron chi connectivity index (χ1n) is 8.64. The van der Waals surface area contributed by atoms with E-state index in [0.717, 1.165) is 17.8 Å². The molecule has 0 saturated carbocycles. The van der Waals surface area contributed by atoms with Crippen LogP contribution in [0.25, 0.3) is 0 Å². The lowest BCUT2D eigenvalue weighted by Gasteiger charge is -2.18. The molecule has 1 fully saturated rings. The van der Waals surface area contributed by atoms with E-state index >= 15 is 0 Å². The van der Waals surface area contributed by atoms with Crippen molar-refractivity contribution in [2.75, 3.05) is 18.4 Å². The quantitative estimate of drug-likeness (QED) is 0.745. The van der Waals surface area contributed by atoms with Crippen LogP contribution in [0.3, 0.4) is 0 Å². The minimum absolute atomic E-state index is 0.00839. The van der Waals surface area contributed by atoms with E-state index in [9.17, 15) is 13.2 Å². The van der Waals surface area contributed by atoms with Crippen LogP contribution in [0.1, 0.15) is 24.7 Å². The Hall–Kier alpha value is -1.78. The molecule has 146 valence electrons. The molecular weight excluding hydrogens is 434 g/mol. The smallest absolute Gasteiger partial charge is 0.246 e. The molecule has 1 atom stereocenters. The fourth-order valence-corrected chi connectivity index (χ4v) is 5.49. The third kappa shape index (κ3) is 4.22. The second-order valence-electron chi connectivity index (χ2n) is 6.87. The number of halogens is 1. The van der Waals surface area contributed by atoms with Gasteiger partial charge in [0.15, 0.2) is 0 Å². The Labute approximate surface area is 167 Å². The van der Waals surface area contributed by atoms with Crippen LogP contribution in [0.4, 0.5) is 5.69 Å². The van der Waals surface area contributed by atoms with Gasteiger partial charge >= 0.3 is 0 Å². The summed E-state index contributed by atoms with van der Waals surface area (Å²) in [6.07, 6.45) is 0.851. The third-order valence-electron chi connectivity index (χ3n) is 4.73. The van der Waals surface area contributed by atoms with Crippen LogP contribution in [-0.2, 0) is 21.4 Å². The Kier molecular flexibility index (Phi) is 5.68. The van der Waals surface area contributed by atoms with E-state index in [4.69, 9.17) is 0 Å². The molecule has 0 radical (unpaired) electrons. The molecule has 27 heavy (non-hydrogen) atoms. The van der Waals surface area contributed by atoms with Crippen molar-refractivity contribution in [3.63, 3.8) is 0 Å². The van der Waals surface area contributed by atoms with Crippen molar-refractivity contribution in [1.29, 1.82) is 0 Å². The van der Waals surface area contributed by atoms with E-state index < -0.39 is 10.0 Å². The van der Waals surface area contributed by atoms with Gasteiger partial charge in [0.25, 0.3) is 0 Å². The fourth-order valence-electron chi connectivity index (χ4n) is 2.96. The molecule has 0 spiro atoms. The topological polar surface area (TPSA) is 97.2 Å². The second kappa shape index (κ2) is 7.69. The monoisotopic (exact) mass is 455 g/mol. The highest BCUT2D eigenvalue weighted by Crippen LogP contribution is 2.31. The Balaban J connectivity index is 1.79. The van der Waals surface area contributed by atoms with E-state index in [1.807, 2.05) is 20.8 Å². The molecule has 0 aliphatic carbocycles. The van der Waals surface area contributed by atoms with Crippen molar-refractivity contribution >= 4 is 37.5 Å². The van der Waals surface area contributed by atoms with Crippen molar-refractivity contribution in [3.8, 4) is 0 Å². The summed E-state index contributed by atoms with van der Waals surface area (Å²) in [5, 5.41) is 10.6. The molecule has 1 saturated heterocycles. The van der Waals surface area contributed by atoms with Gasteiger partial charge in [0.1, 0.15) is 6.54 Å². The molecule has 1 aromatic heterocycles. The van der Waals surface area contributed by atoms with Gasteiger partial charge in [0.2, 0.25) is 15.9 Å². The number of nitrogens with one attached hydrogen (secondary N) is 1. The maximum absolute atomic E-state index is 12.9. The fraction of sp³-hybridized carbons (Fsp3) is 0.471. The number of carbonyl (C=O) groups excluding carboxylic acids is 1. The Morgan fingerprint density at radius 2 is 2.11 bits per heavy atom. The lowest BCUT2D eigenvalue weighted by Crippen LogP contribution is -2.29. The molecule has 2 aromatic rings. The lowest BCUT2D eigenvalue weighted by atomic mass is 10.2. The van der Waals surface area contributed by atoms with Gasteiger partial charge in [-0.1, -0.05) is 12.1 Å². The molecule has 1 aliphatic rings. The van der Waals surface area contributed by atoms with Gasteiger partial charge in [-0.25, -0.2) is 13.1 Å². The van der Waals surface area contributed by atoms with Crippen LogP contribution in [0, 0.1) is 19.8 Å². The predicted molar refractivity (Wildman–Crippen MR) is 105 cm³/mol. The molecule has 2 heterocycles. The van der Waals surface area contributed by atoms with Crippen molar-refractivity contribution in [2.24, 2.45) is 5.92 Å². The highest BCUT2D eigenvalue weighted by Gasteiger charge is 2.32. The number of carbonyl (C=O) groups is 1. The average Bonchev–Trinajstić information content (AvgIpc) is 3.18. The van der Waals surface area contributed by atoms with Gasteiger partial charge < -0.3 is 5.32 Å². The summed E-state index contributed by atoms with van der Waals surface area (Å²) in [6.45, 7) is 6.73. The van der Waals surface area contributed by atoms with Crippen molar-refractivity contribution in [2.45, 2.75) is 38.6 Å². The first-order chi connectivity index (χ1) is 12.7. The summed E-state index contributed by atoms with van der Waals surface area (Å²) in [7, 11) is -3.62. The number of anilines is 1. The van der Waals surface area contributed by atoms with Gasteiger partial charge in [-0.2, -0.15) is 4.31 Å². The Bertz CT molecular complexity index is 973. The third-order valence-corrected chi connectivity index (χ3v) is 7.59. The number of rotatable bonds is 5. The molecule has 10 heteroatoms. The van der Waals surface area contributed by atoms with Crippen LogP contribution in [0.2, 0.25) is 0 Å². The van der Waals surface area contributed by atoms with Crippen LogP contribution >= 0.6 is 15.9 Å². The largest absolute Gasteiger partial charge is 0.324 e. The zero-order valence-corrected chi connectivity index (χ0v) is 17.8. The van der Waals surface area contributed by atoms with Crippen LogP contribution < -0.4 is 5.32 Å². The molecule has 1 aromatic carbocycles. The molecule has 0 bridgehead atoms. The van der Waals surface area contributed by atoms with Crippen molar-refractivity contribution in [1.82, 2.24) is 19.3 Å². The lowest BCUT2D eigenvalue weighted by molar-refractivity contribution is -0.117. The number of sulfonamides is 1. The molecule has 8 nitrogen and oxygen atoms in total. The molecule has 1 aliphatic heterocycles. The normalized spacial score (nSPS) is 18.0. The number of hydrogen-bond donors (Lipinski definition) is 1. The van der Waals surface area contributed by atoms with E-state index in [0.29, 0.717) is 29.2 Å². The predicted octanol–water partition coefficient (Wildman–Crippen LogP) is 2.33. The van der Waals surface area contributed by atoms with Crippen molar-refractivity contribution < 1.29 is 13.2 Å². The highest BCUT2D eigenvalue weighted by atomic mass is 79.9. The van der Waals surface area contributed by atoms with Crippen molar-refractivity contribution in [3.05, 3.63) is 34.1 Å². The Morgan fingerprint density at radius 1 is 1.37 bits per heavy atom. The first kappa shape index (κ1) is 20.0. The standard InChI is InChI=1S/C17H22BrN5O3S/c1-11-6-7-22(9-11)27(25,26)16-8-14(4-5-15(16)18)19-17(24)10-23-13(3)12(2)20-21-23/h4-5,8,11H,6-7,9-10H2,1-3H3,(H,19,24)/t11-/m0/s1. The summed E-state index contributed by atoms with van der Waals surface area (Å²) in [5.41, 5.74) is 2.00. The van der Waals surface area contributed by atoms with Crippen LogP contribution in [0.5, 0.6) is 0 Å². The maximum Gasteiger partial charge on any atom is 0.246 e. The highest BCUT2D eigenvalue weighted by molar-refractivity contribution is 9.10. The van der Waals surface area contributed by atoms with Gasteiger partial charge in [-0.15, -0.1) is 5.10 Å². The SMILES string of the molecule is Cc1nnn(CC(=O)Nc2ccc(Br)c(S(=O)(=O)N3CC[C@H](C)C3)c2)c1C. The number of hydrogen-bond acceptors (Lipinski definition) is 5. The zero-order chi connectivity index (χ0) is 19.8.